The fourth-order valence-electron chi connectivity index (χ4n) is 7.99. The van der Waals surface area contributed by atoms with E-state index >= 15 is 0 Å². The number of amides is 2. The number of benzene rings is 1. The molecule has 0 saturated carbocycles. The van der Waals surface area contributed by atoms with Crippen molar-refractivity contribution < 1.29 is 58.3 Å². The van der Waals surface area contributed by atoms with Crippen molar-refractivity contribution in [2.24, 2.45) is 0 Å². The van der Waals surface area contributed by atoms with E-state index in [0.717, 1.165) is 6.29 Å². The lowest BCUT2D eigenvalue weighted by atomic mass is 10.1. The van der Waals surface area contributed by atoms with Crippen LogP contribution in [0.3, 0.4) is 0 Å². The van der Waals surface area contributed by atoms with Gasteiger partial charge in [-0.3, -0.25) is 53.2 Å². The number of nitrogens with two attached hydrogens (primary N) is 1. The molecule has 28 nitrogen and oxygen atoms in total. The lowest BCUT2D eigenvalue weighted by molar-refractivity contribution is -0.144. The zero-order valence-electron chi connectivity index (χ0n) is 42.1. The minimum Gasteiger partial charge on any atom is -0.480 e. The average Bonchev–Trinajstić information content (AvgIpc) is 3.48. The Morgan fingerprint density at radius 1 is 0.737 bits per heavy atom. The Kier molecular flexibility index (Phi) is 24.5. The molecule has 1 fully saturated rings. The van der Waals surface area contributed by atoms with Crippen molar-refractivity contribution in [3.8, 4) is 0 Å². The number of carboxylic acids is 3. The van der Waals surface area contributed by atoms with E-state index in [-0.39, 0.29) is 85.4 Å². The van der Waals surface area contributed by atoms with Crippen LogP contribution < -0.4 is 48.7 Å². The molecule has 2 aromatic carbocycles. The normalized spacial score (nSPS) is 14.5. The molecule has 1 aliphatic heterocycles. The second-order valence-corrected chi connectivity index (χ2v) is 17.6. The standard InChI is InChI=1S/C48H67N13O15/c49-48-57-43-40(45(69)58-48)55-33(29-54-43)28-53-32-7-5-31(6-8-32)44(68)56-34(46(70)71)9-10-36(63)50-12-2-22-74-24-26-76-27-25-75-23-3-13-52-39-38(41(66)42(39)67)51-11-1-4-35(47(72)73)61-18-16-59(20-21-62)14-15-60(17-19-61)30-37(64)65/h5-8,21,29,34-35,51-53H,1-4,9-20,22-28,30H2,(H,50,63)(H,56,68)(H,64,65)(H,70,71)(H,72,73)(H3,49,54,57,58,69)/t34-,35?/m0/s1. The van der Waals surface area contributed by atoms with Gasteiger partial charge in [-0.2, -0.15) is 4.98 Å². The van der Waals surface area contributed by atoms with Crippen LogP contribution in [0.1, 0.15) is 54.6 Å². The number of carbonyl (C=O) groups excluding carboxylic acids is 3. The Morgan fingerprint density at radius 3 is 1.97 bits per heavy atom. The molecule has 0 bridgehead atoms. The van der Waals surface area contributed by atoms with Crippen LogP contribution >= 0.6 is 0 Å². The minimum absolute atomic E-state index is 0.0386. The Morgan fingerprint density at radius 2 is 1.34 bits per heavy atom. The molecule has 76 heavy (non-hydrogen) atoms. The molecular weight excluding hydrogens is 999 g/mol. The maximum absolute atomic E-state index is 12.8. The number of rotatable bonds is 35. The molecule has 4 aromatic rings. The van der Waals surface area contributed by atoms with Gasteiger partial charge in [-0.05, 0) is 56.4 Å². The summed E-state index contributed by atoms with van der Waals surface area (Å²) in [6, 6.07) is 4.06. The first kappa shape index (κ1) is 59.4. The van der Waals surface area contributed by atoms with Gasteiger partial charge in [0.25, 0.3) is 22.3 Å². The summed E-state index contributed by atoms with van der Waals surface area (Å²) < 4.78 is 16.6. The number of fused-ring (bicyclic) bond motifs is 1. The maximum Gasteiger partial charge on any atom is 0.326 e. The van der Waals surface area contributed by atoms with Crippen molar-refractivity contribution in [1.82, 2.24) is 45.3 Å². The van der Waals surface area contributed by atoms with E-state index in [2.05, 4.69) is 46.5 Å². The monoisotopic (exact) mass is 1070 g/mol. The van der Waals surface area contributed by atoms with Crippen molar-refractivity contribution in [2.45, 2.75) is 57.2 Å². The number of hydrogen-bond donors (Lipinski definition) is 10. The van der Waals surface area contributed by atoms with E-state index in [0.29, 0.717) is 123 Å². The molecule has 1 aliphatic rings. The third-order valence-corrected chi connectivity index (χ3v) is 12.1. The van der Waals surface area contributed by atoms with Crippen molar-refractivity contribution in [3.05, 3.63) is 72.5 Å². The molecule has 2 amide bonds. The summed E-state index contributed by atoms with van der Waals surface area (Å²) in [5, 5.41) is 43.3. The molecule has 1 saturated heterocycles. The number of H-pyrrole nitrogens is 1. The first-order chi connectivity index (χ1) is 36.6. The van der Waals surface area contributed by atoms with E-state index in [1.165, 1.54) is 18.3 Å². The zero-order valence-corrected chi connectivity index (χ0v) is 42.1. The van der Waals surface area contributed by atoms with E-state index in [1.807, 2.05) is 4.90 Å². The number of hydrogen-bond acceptors (Lipinski definition) is 22. The largest absolute Gasteiger partial charge is 0.480 e. The van der Waals surface area contributed by atoms with Gasteiger partial charge >= 0.3 is 17.9 Å². The van der Waals surface area contributed by atoms with Crippen LogP contribution in [0.15, 0.2) is 44.8 Å². The summed E-state index contributed by atoms with van der Waals surface area (Å²) in [4.78, 5) is 129. The maximum atomic E-state index is 12.8. The highest BCUT2D eigenvalue weighted by Crippen LogP contribution is 2.17. The molecule has 5 rings (SSSR count). The van der Waals surface area contributed by atoms with E-state index < -0.39 is 52.3 Å². The summed E-state index contributed by atoms with van der Waals surface area (Å²) >= 11 is 0. The first-order valence-corrected chi connectivity index (χ1v) is 24.9. The second-order valence-electron chi connectivity index (χ2n) is 17.6. The van der Waals surface area contributed by atoms with E-state index in [9.17, 15) is 58.5 Å². The van der Waals surface area contributed by atoms with Crippen molar-refractivity contribution in [2.75, 3.05) is 133 Å². The second kappa shape index (κ2) is 31.4. The molecule has 0 spiro atoms. The van der Waals surface area contributed by atoms with Crippen LogP contribution in [-0.2, 0) is 44.7 Å². The quantitative estimate of drug-likeness (QED) is 0.0140. The number of aromatic amines is 1. The van der Waals surface area contributed by atoms with Gasteiger partial charge in [0.2, 0.25) is 11.9 Å². The Labute approximate surface area is 435 Å². The van der Waals surface area contributed by atoms with Crippen LogP contribution in [0.5, 0.6) is 0 Å². The van der Waals surface area contributed by atoms with Gasteiger partial charge in [-0.25, -0.2) is 14.8 Å². The molecule has 3 heterocycles. The third kappa shape index (κ3) is 19.6. The predicted octanol–water partition coefficient (Wildman–Crippen LogP) is -1.63. The van der Waals surface area contributed by atoms with Crippen LogP contribution in [0.4, 0.5) is 23.0 Å². The Hall–Kier alpha value is -7.50. The molecule has 1 unspecified atom stereocenters. The Balaban J connectivity index is 0.854. The molecule has 0 radical (unpaired) electrons. The number of carboxylic acid groups (broad SMARTS) is 3. The lowest BCUT2D eigenvalue weighted by Gasteiger charge is -2.30. The Bertz CT molecular complexity index is 2680. The highest BCUT2D eigenvalue weighted by atomic mass is 16.5. The molecule has 2 aromatic heterocycles. The number of nitrogen functional groups attached to an aromatic ring is 1. The third-order valence-electron chi connectivity index (χ3n) is 12.1. The predicted molar refractivity (Wildman–Crippen MR) is 276 cm³/mol. The van der Waals surface area contributed by atoms with Gasteiger partial charge in [0.05, 0.1) is 58.0 Å². The number of nitrogens with zero attached hydrogens (tertiary/aromatic N) is 6. The summed E-state index contributed by atoms with van der Waals surface area (Å²) in [7, 11) is 0. The molecular formula is C48H67N13O15. The average molecular weight is 1070 g/mol. The van der Waals surface area contributed by atoms with Crippen LogP contribution in [0.25, 0.3) is 11.2 Å². The number of nitrogens with one attached hydrogen (secondary N) is 6. The van der Waals surface area contributed by atoms with Gasteiger partial charge in [0, 0.05) is 89.8 Å². The number of aldehydes is 1. The number of ether oxygens (including phenoxy) is 3. The lowest BCUT2D eigenvalue weighted by Crippen LogP contribution is -2.47. The van der Waals surface area contributed by atoms with Gasteiger partial charge < -0.3 is 66.6 Å². The van der Waals surface area contributed by atoms with Crippen molar-refractivity contribution in [1.29, 1.82) is 0 Å². The minimum atomic E-state index is -1.30. The summed E-state index contributed by atoms with van der Waals surface area (Å²) in [5.41, 5.74) is 5.47. The van der Waals surface area contributed by atoms with Crippen LogP contribution in [-0.4, -0.2) is 210 Å². The molecule has 28 heteroatoms. The van der Waals surface area contributed by atoms with Crippen LogP contribution in [0, 0.1) is 0 Å². The summed E-state index contributed by atoms with van der Waals surface area (Å²) in [5.74, 6) is -4.39. The SMILES string of the molecule is Nc1nc2ncc(CNc3ccc(C(=O)N[C@@H](CCC(=O)NCCCOCCOCCOCCCNc4c(NCCCC(C(=O)O)N5CCN(CC=O)CCN(CC(=O)O)CC5)c(=O)c4=O)C(=O)O)cc3)nc2c(=O)[nH]1. The zero-order chi connectivity index (χ0) is 54.8. The summed E-state index contributed by atoms with van der Waals surface area (Å²) in [6.07, 6.45) is 3.58. The molecule has 0 aliphatic carbocycles. The van der Waals surface area contributed by atoms with Crippen molar-refractivity contribution in [3.63, 3.8) is 0 Å². The molecule has 11 N–H and O–H groups in total. The van der Waals surface area contributed by atoms with E-state index in [1.54, 1.807) is 21.9 Å². The molecule has 2 atom stereocenters. The summed E-state index contributed by atoms with van der Waals surface area (Å²) in [6.45, 7) is 5.40. The van der Waals surface area contributed by atoms with E-state index in [4.69, 9.17) is 19.9 Å². The highest BCUT2D eigenvalue weighted by Gasteiger charge is 2.28. The number of aliphatic carboxylic acids is 3. The topological polar surface area (TPSA) is 392 Å². The van der Waals surface area contributed by atoms with Crippen LogP contribution in [0.2, 0.25) is 0 Å². The molecule has 414 valence electrons. The smallest absolute Gasteiger partial charge is 0.326 e. The first-order valence-electron chi connectivity index (χ1n) is 24.9. The van der Waals surface area contributed by atoms with Gasteiger partial charge in [0.15, 0.2) is 11.2 Å². The van der Waals surface area contributed by atoms with Gasteiger partial charge in [-0.15, -0.1) is 0 Å². The van der Waals surface area contributed by atoms with Crippen molar-refractivity contribution >= 4 is 70.2 Å². The number of aromatic nitrogens is 4. The fourth-order valence-corrected chi connectivity index (χ4v) is 7.99. The number of anilines is 4. The fraction of sp³-hybridized carbons (Fsp3) is 0.542. The van der Waals surface area contributed by atoms with Gasteiger partial charge in [-0.1, -0.05) is 0 Å². The highest BCUT2D eigenvalue weighted by molar-refractivity contribution is 5.97. The number of carbonyl (C=O) groups is 6. The van der Waals surface area contributed by atoms with Gasteiger partial charge in [0.1, 0.15) is 29.7 Å².